The van der Waals surface area contributed by atoms with Crippen molar-refractivity contribution < 1.29 is 9.53 Å². The number of ether oxygens (including phenoxy) is 1. The number of rotatable bonds is 5. The summed E-state index contributed by atoms with van der Waals surface area (Å²) in [6, 6.07) is 13.9. The molecule has 2 atom stereocenters. The maximum Gasteiger partial charge on any atom is 0.269 e. The first-order valence-electron chi connectivity index (χ1n) is 8.27. The van der Waals surface area contributed by atoms with Crippen LogP contribution in [-0.2, 0) is 4.74 Å². The summed E-state index contributed by atoms with van der Waals surface area (Å²) >= 11 is 0. The fourth-order valence-corrected chi connectivity index (χ4v) is 3.16. The van der Waals surface area contributed by atoms with Gasteiger partial charge in [-0.1, -0.05) is 30.3 Å². The Labute approximate surface area is 147 Å². The molecule has 7 heteroatoms. The molecular formula is C18H23N5O2. The van der Waals surface area contributed by atoms with Crippen LogP contribution in [0.25, 0.3) is 0 Å². The quantitative estimate of drug-likeness (QED) is 0.876. The van der Waals surface area contributed by atoms with Gasteiger partial charge < -0.3 is 15.4 Å². The van der Waals surface area contributed by atoms with E-state index in [9.17, 15) is 4.79 Å². The summed E-state index contributed by atoms with van der Waals surface area (Å²) in [5, 5.41) is 7.96. The normalized spacial score (nSPS) is 21.0. The molecule has 0 aliphatic carbocycles. The highest BCUT2D eigenvalue weighted by Crippen LogP contribution is 2.29. The number of hydrogen-bond acceptors (Lipinski definition) is 6. The van der Waals surface area contributed by atoms with Gasteiger partial charge in [-0.05, 0) is 24.7 Å². The first-order valence-corrected chi connectivity index (χ1v) is 8.27. The molecule has 2 heterocycles. The Morgan fingerprint density at radius 3 is 2.68 bits per heavy atom. The van der Waals surface area contributed by atoms with Crippen LogP contribution in [0.15, 0.2) is 42.5 Å². The van der Waals surface area contributed by atoms with Crippen LogP contribution in [0.4, 0.5) is 5.82 Å². The molecule has 2 aromatic rings. The molecular weight excluding hydrogens is 318 g/mol. The van der Waals surface area contributed by atoms with Crippen molar-refractivity contribution in [1.82, 2.24) is 15.1 Å². The monoisotopic (exact) mass is 341 g/mol. The molecule has 132 valence electrons. The highest BCUT2D eigenvalue weighted by atomic mass is 16.5. The average Bonchev–Trinajstić information content (AvgIpc) is 2.62. The lowest BCUT2D eigenvalue weighted by atomic mass is 9.98. The van der Waals surface area contributed by atoms with Crippen LogP contribution in [0.1, 0.15) is 22.1 Å². The molecule has 1 aliphatic heterocycles. The fraction of sp³-hybridized carbons (Fsp3) is 0.389. The van der Waals surface area contributed by atoms with Crippen molar-refractivity contribution >= 4 is 11.7 Å². The number of carbonyl (C=O) groups is 1. The van der Waals surface area contributed by atoms with Crippen LogP contribution in [0, 0.1) is 0 Å². The minimum atomic E-state index is -0.580. The lowest BCUT2D eigenvalue weighted by molar-refractivity contribution is -0.0580. The van der Waals surface area contributed by atoms with Gasteiger partial charge in [0.25, 0.3) is 5.91 Å². The zero-order chi connectivity index (χ0) is 17.8. The molecule has 1 aromatic carbocycles. The maximum absolute atomic E-state index is 11.1. The van der Waals surface area contributed by atoms with Crippen molar-refractivity contribution in [3.05, 3.63) is 53.7 Å². The van der Waals surface area contributed by atoms with E-state index in [0.717, 1.165) is 6.54 Å². The number of nitrogens with two attached hydrogens (primary N) is 1. The van der Waals surface area contributed by atoms with Gasteiger partial charge >= 0.3 is 0 Å². The van der Waals surface area contributed by atoms with E-state index in [4.69, 9.17) is 10.5 Å². The van der Waals surface area contributed by atoms with Crippen LogP contribution < -0.4 is 10.6 Å². The number of amides is 1. The number of anilines is 1. The third-order valence-corrected chi connectivity index (χ3v) is 4.49. The first kappa shape index (κ1) is 17.3. The van der Waals surface area contributed by atoms with E-state index in [-0.39, 0.29) is 17.8 Å². The molecule has 1 saturated heterocycles. The SMILES string of the molecule is CN(C[C@@H]1OCCN(C)[C@H]1c1ccccc1)c1ccc(C(N)=O)nn1. The molecule has 0 spiro atoms. The number of likely N-dealkylation sites (N-methyl/N-ethyl adjacent to an activating group) is 2. The Balaban J connectivity index is 1.76. The Morgan fingerprint density at radius 1 is 1.28 bits per heavy atom. The highest BCUT2D eigenvalue weighted by Gasteiger charge is 2.32. The van der Waals surface area contributed by atoms with Crippen molar-refractivity contribution in [2.24, 2.45) is 5.73 Å². The number of hydrogen-bond donors (Lipinski definition) is 1. The number of benzene rings is 1. The van der Waals surface area contributed by atoms with E-state index < -0.39 is 5.91 Å². The predicted molar refractivity (Wildman–Crippen MR) is 95.4 cm³/mol. The topological polar surface area (TPSA) is 84.6 Å². The molecule has 0 bridgehead atoms. The Kier molecular flexibility index (Phi) is 5.25. The smallest absolute Gasteiger partial charge is 0.269 e. The summed E-state index contributed by atoms with van der Waals surface area (Å²) < 4.78 is 6.06. The third kappa shape index (κ3) is 3.94. The molecule has 0 saturated carbocycles. The number of nitrogens with zero attached hydrogens (tertiary/aromatic N) is 4. The zero-order valence-electron chi connectivity index (χ0n) is 14.5. The highest BCUT2D eigenvalue weighted by molar-refractivity contribution is 5.90. The van der Waals surface area contributed by atoms with Gasteiger partial charge in [0.05, 0.1) is 18.8 Å². The van der Waals surface area contributed by atoms with Crippen LogP contribution in [0.5, 0.6) is 0 Å². The van der Waals surface area contributed by atoms with E-state index in [1.54, 1.807) is 12.1 Å². The van der Waals surface area contributed by atoms with Crippen LogP contribution in [0.3, 0.4) is 0 Å². The molecule has 7 nitrogen and oxygen atoms in total. The van der Waals surface area contributed by atoms with Gasteiger partial charge in [0.2, 0.25) is 0 Å². The van der Waals surface area contributed by atoms with E-state index in [0.29, 0.717) is 19.0 Å². The van der Waals surface area contributed by atoms with Crippen LogP contribution >= 0.6 is 0 Å². The largest absolute Gasteiger partial charge is 0.373 e. The molecule has 1 aromatic heterocycles. The Bertz CT molecular complexity index is 707. The van der Waals surface area contributed by atoms with Crippen molar-refractivity contribution in [1.29, 1.82) is 0 Å². The number of primary amides is 1. The van der Waals surface area contributed by atoms with Gasteiger partial charge in [0.1, 0.15) is 0 Å². The lowest BCUT2D eigenvalue weighted by Crippen LogP contribution is -2.48. The molecule has 3 rings (SSSR count). The molecule has 0 unspecified atom stereocenters. The van der Waals surface area contributed by atoms with Gasteiger partial charge in [-0.15, -0.1) is 10.2 Å². The van der Waals surface area contributed by atoms with Crippen LogP contribution in [-0.4, -0.2) is 60.9 Å². The minimum absolute atomic E-state index is 0.00349. The average molecular weight is 341 g/mol. The molecule has 1 aliphatic rings. The van der Waals surface area contributed by atoms with Crippen molar-refractivity contribution in [3.63, 3.8) is 0 Å². The first-order chi connectivity index (χ1) is 12.1. The van der Waals surface area contributed by atoms with E-state index >= 15 is 0 Å². The van der Waals surface area contributed by atoms with Crippen LogP contribution in [0.2, 0.25) is 0 Å². The van der Waals surface area contributed by atoms with E-state index in [1.807, 2.05) is 30.1 Å². The summed E-state index contributed by atoms with van der Waals surface area (Å²) in [5.41, 5.74) is 6.60. The summed E-state index contributed by atoms with van der Waals surface area (Å²) in [6.07, 6.45) is 0.00349. The Morgan fingerprint density at radius 2 is 2.04 bits per heavy atom. The van der Waals surface area contributed by atoms with Gasteiger partial charge in [-0.3, -0.25) is 9.69 Å². The fourth-order valence-electron chi connectivity index (χ4n) is 3.16. The maximum atomic E-state index is 11.1. The van der Waals surface area contributed by atoms with Gasteiger partial charge in [-0.25, -0.2) is 0 Å². The van der Waals surface area contributed by atoms with E-state index in [1.165, 1.54) is 5.56 Å². The molecule has 25 heavy (non-hydrogen) atoms. The summed E-state index contributed by atoms with van der Waals surface area (Å²) in [4.78, 5) is 15.4. The number of aromatic nitrogens is 2. The second-order valence-corrected chi connectivity index (χ2v) is 6.27. The second-order valence-electron chi connectivity index (χ2n) is 6.27. The summed E-state index contributed by atoms with van der Waals surface area (Å²) in [6.45, 7) is 2.26. The molecule has 0 radical (unpaired) electrons. The minimum Gasteiger partial charge on any atom is -0.373 e. The third-order valence-electron chi connectivity index (χ3n) is 4.49. The summed E-state index contributed by atoms with van der Waals surface area (Å²) in [5.74, 6) is 0.0942. The second kappa shape index (κ2) is 7.58. The molecule has 1 amide bonds. The molecule has 2 N–H and O–H groups in total. The predicted octanol–water partition coefficient (Wildman–Crippen LogP) is 1.08. The van der Waals surface area contributed by atoms with Crippen molar-refractivity contribution in [2.75, 3.05) is 38.7 Å². The summed E-state index contributed by atoms with van der Waals surface area (Å²) in [7, 11) is 4.06. The van der Waals surface area contributed by atoms with Gasteiger partial charge in [-0.2, -0.15) is 0 Å². The van der Waals surface area contributed by atoms with Crippen molar-refractivity contribution in [2.45, 2.75) is 12.1 Å². The van der Waals surface area contributed by atoms with Crippen molar-refractivity contribution in [3.8, 4) is 0 Å². The lowest BCUT2D eigenvalue weighted by Gasteiger charge is -2.41. The standard InChI is InChI=1S/C18H23N5O2/c1-22-10-11-25-15(17(22)13-6-4-3-5-7-13)12-23(2)16-9-8-14(18(19)24)20-21-16/h3-9,15,17H,10-12H2,1-2H3,(H2,19,24)/t15-,17-/m0/s1. The molecule has 1 fully saturated rings. The van der Waals surface area contributed by atoms with E-state index in [2.05, 4.69) is 34.3 Å². The Hall–Kier alpha value is -2.51. The van der Waals surface area contributed by atoms with Gasteiger partial charge in [0.15, 0.2) is 11.5 Å². The van der Waals surface area contributed by atoms with Gasteiger partial charge in [0, 0.05) is 20.1 Å². The number of morpholine rings is 1. The number of carbonyl (C=O) groups excluding carboxylic acids is 1. The zero-order valence-corrected chi connectivity index (χ0v) is 14.5.